The quantitative estimate of drug-likeness (QED) is 0.901. The lowest BCUT2D eigenvalue weighted by Gasteiger charge is -2.10. The summed E-state index contributed by atoms with van der Waals surface area (Å²) in [6.07, 6.45) is 3.53. The third-order valence-corrected chi connectivity index (χ3v) is 3.00. The molecule has 1 N–H and O–H groups in total. The molecule has 0 atom stereocenters. The van der Waals surface area contributed by atoms with Crippen molar-refractivity contribution >= 4 is 28.9 Å². The number of hydrogen-bond acceptors (Lipinski definition) is 2. The molecule has 0 aliphatic carbocycles. The highest BCUT2D eigenvalue weighted by Crippen LogP contribution is 2.31. The Bertz CT molecular complexity index is 550. The minimum absolute atomic E-state index is 0.264. The number of benzene rings is 1. The van der Waals surface area contributed by atoms with E-state index in [-0.39, 0.29) is 10.0 Å². The Morgan fingerprint density at radius 3 is 2.44 bits per heavy atom. The van der Waals surface area contributed by atoms with Gasteiger partial charge in [0.2, 0.25) is 0 Å². The van der Waals surface area contributed by atoms with Crippen LogP contribution in [-0.2, 0) is 6.54 Å². The minimum atomic E-state index is -0.451. The van der Waals surface area contributed by atoms with Gasteiger partial charge in [-0.2, -0.15) is 0 Å². The number of halogens is 3. The summed E-state index contributed by atoms with van der Waals surface area (Å²) in [4.78, 5) is 4.09. The van der Waals surface area contributed by atoms with Crippen LogP contribution in [0.25, 0.3) is 0 Å². The fraction of sp³-hybridized carbons (Fsp3) is 0.154. The average molecular weight is 285 g/mol. The zero-order chi connectivity index (χ0) is 13.1. The fourth-order valence-electron chi connectivity index (χ4n) is 1.62. The van der Waals surface area contributed by atoms with Crippen molar-refractivity contribution in [1.82, 2.24) is 4.98 Å². The van der Waals surface area contributed by atoms with Crippen molar-refractivity contribution in [1.29, 1.82) is 0 Å². The smallest absolute Gasteiger partial charge is 0.126 e. The summed E-state index contributed by atoms with van der Waals surface area (Å²) in [5, 5.41) is 3.61. The molecule has 0 radical (unpaired) electrons. The Labute approximate surface area is 115 Å². The Morgan fingerprint density at radius 1 is 1.17 bits per heavy atom. The second kappa shape index (κ2) is 5.55. The third-order valence-electron chi connectivity index (χ3n) is 2.41. The lowest BCUT2D eigenvalue weighted by Crippen LogP contribution is -2.01. The highest BCUT2D eigenvalue weighted by atomic mass is 35.5. The molecule has 94 valence electrons. The monoisotopic (exact) mass is 284 g/mol. The summed E-state index contributed by atoms with van der Waals surface area (Å²) in [6.45, 7) is 2.49. The van der Waals surface area contributed by atoms with Gasteiger partial charge in [0.05, 0.1) is 15.7 Å². The van der Waals surface area contributed by atoms with E-state index < -0.39 is 5.82 Å². The normalized spacial score (nSPS) is 10.4. The highest BCUT2D eigenvalue weighted by molar-refractivity contribution is 6.39. The zero-order valence-corrected chi connectivity index (χ0v) is 11.2. The van der Waals surface area contributed by atoms with Gasteiger partial charge in [0.25, 0.3) is 0 Å². The van der Waals surface area contributed by atoms with E-state index in [0.29, 0.717) is 12.2 Å². The van der Waals surface area contributed by atoms with Gasteiger partial charge < -0.3 is 5.32 Å². The molecule has 0 aliphatic heterocycles. The molecule has 2 rings (SSSR count). The van der Waals surface area contributed by atoms with E-state index in [1.807, 2.05) is 13.0 Å². The first-order valence-corrected chi connectivity index (χ1v) is 6.11. The minimum Gasteiger partial charge on any atom is -0.378 e. The molecular weight excluding hydrogens is 274 g/mol. The van der Waals surface area contributed by atoms with Crippen molar-refractivity contribution < 1.29 is 4.39 Å². The lowest BCUT2D eigenvalue weighted by atomic mass is 10.2. The van der Waals surface area contributed by atoms with Gasteiger partial charge in [0.15, 0.2) is 0 Å². The van der Waals surface area contributed by atoms with Crippen LogP contribution in [0.1, 0.15) is 11.1 Å². The molecule has 5 heteroatoms. The second-order valence-electron chi connectivity index (χ2n) is 3.97. The van der Waals surface area contributed by atoms with Gasteiger partial charge in [-0.15, -0.1) is 0 Å². The summed E-state index contributed by atoms with van der Waals surface area (Å²) in [6, 6.07) is 4.46. The Hall–Kier alpha value is -1.32. The maximum absolute atomic E-state index is 13.0. The van der Waals surface area contributed by atoms with Crippen LogP contribution in [0, 0.1) is 12.7 Å². The van der Waals surface area contributed by atoms with Crippen LogP contribution in [0.4, 0.5) is 10.1 Å². The molecule has 2 aromatic rings. The Morgan fingerprint density at radius 2 is 1.83 bits per heavy atom. The molecule has 0 amide bonds. The number of pyridine rings is 1. The standard InChI is InChI=1S/C13H11Cl2FN2/c1-8-2-9(6-17-5-8)7-18-13-11(14)3-10(16)4-12(13)15/h2-6,18H,7H2,1H3. The number of rotatable bonds is 3. The number of aromatic nitrogens is 1. The van der Waals surface area contributed by atoms with E-state index in [2.05, 4.69) is 10.3 Å². The van der Waals surface area contributed by atoms with Gasteiger partial charge in [-0.05, 0) is 30.2 Å². The Balaban J connectivity index is 2.16. The first kappa shape index (κ1) is 13.1. The van der Waals surface area contributed by atoms with Crippen molar-refractivity contribution in [3.63, 3.8) is 0 Å². The first-order valence-electron chi connectivity index (χ1n) is 5.35. The predicted octanol–water partition coefficient (Wildman–Crippen LogP) is 4.45. The van der Waals surface area contributed by atoms with Crippen LogP contribution in [0.15, 0.2) is 30.6 Å². The van der Waals surface area contributed by atoms with Crippen molar-refractivity contribution in [3.8, 4) is 0 Å². The van der Waals surface area contributed by atoms with E-state index in [4.69, 9.17) is 23.2 Å². The predicted molar refractivity (Wildman–Crippen MR) is 72.7 cm³/mol. The molecule has 18 heavy (non-hydrogen) atoms. The van der Waals surface area contributed by atoms with Crippen LogP contribution in [0.5, 0.6) is 0 Å². The van der Waals surface area contributed by atoms with Crippen molar-refractivity contribution in [3.05, 3.63) is 57.6 Å². The molecule has 0 fully saturated rings. The number of hydrogen-bond donors (Lipinski definition) is 1. The van der Waals surface area contributed by atoms with Crippen LogP contribution in [-0.4, -0.2) is 4.98 Å². The summed E-state index contributed by atoms with van der Waals surface area (Å²) < 4.78 is 13.0. The zero-order valence-electron chi connectivity index (χ0n) is 9.67. The maximum atomic E-state index is 13.0. The molecule has 1 heterocycles. The molecule has 0 bridgehead atoms. The van der Waals surface area contributed by atoms with Crippen molar-refractivity contribution in [2.45, 2.75) is 13.5 Å². The molecular formula is C13H11Cl2FN2. The number of nitrogens with one attached hydrogen (secondary N) is 1. The molecule has 0 spiro atoms. The van der Waals surface area contributed by atoms with Gasteiger partial charge >= 0.3 is 0 Å². The van der Waals surface area contributed by atoms with Crippen LogP contribution in [0.3, 0.4) is 0 Å². The largest absolute Gasteiger partial charge is 0.378 e. The third kappa shape index (κ3) is 3.12. The molecule has 0 saturated heterocycles. The van der Waals surface area contributed by atoms with Crippen LogP contribution < -0.4 is 5.32 Å². The molecule has 1 aromatic carbocycles. The lowest BCUT2D eigenvalue weighted by molar-refractivity contribution is 0.628. The second-order valence-corrected chi connectivity index (χ2v) is 4.78. The van der Waals surface area contributed by atoms with Crippen LogP contribution in [0.2, 0.25) is 10.0 Å². The summed E-state index contributed by atoms with van der Waals surface area (Å²) in [7, 11) is 0. The van der Waals surface area contributed by atoms with Gasteiger partial charge in [-0.1, -0.05) is 29.3 Å². The summed E-state index contributed by atoms with van der Waals surface area (Å²) >= 11 is 11.9. The van der Waals surface area contributed by atoms with E-state index in [9.17, 15) is 4.39 Å². The number of aryl methyl sites for hydroxylation is 1. The molecule has 2 nitrogen and oxygen atoms in total. The van der Waals surface area contributed by atoms with Crippen molar-refractivity contribution in [2.75, 3.05) is 5.32 Å². The molecule has 0 aliphatic rings. The Kier molecular flexibility index (Phi) is 4.04. The van der Waals surface area contributed by atoms with Gasteiger partial charge in [0, 0.05) is 18.9 Å². The van der Waals surface area contributed by atoms with E-state index >= 15 is 0 Å². The molecule has 1 aromatic heterocycles. The van der Waals surface area contributed by atoms with E-state index in [1.165, 1.54) is 12.1 Å². The topological polar surface area (TPSA) is 24.9 Å². The van der Waals surface area contributed by atoms with Gasteiger partial charge in [-0.25, -0.2) is 4.39 Å². The van der Waals surface area contributed by atoms with Gasteiger partial charge in [-0.3, -0.25) is 4.98 Å². The number of nitrogens with zero attached hydrogens (tertiary/aromatic N) is 1. The molecule has 0 unspecified atom stereocenters. The first-order chi connectivity index (χ1) is 8.56. The van der Waals surface area contributed by atoms with Crippen molar-refractivity contribution in [2.24, 2.45) is 0 Å². The number of anilines is 1. The van der Waals surface area contributed by atoms with Crippen LogP contribution >= 0.6 is 23.2 Å². The summed E-state index contributed by atoms with van der Waals surface area (Å²) in [5.41, 5.74) is 2.61. The molecule has 0 saturated carbocycles. The highest BCUT2D eigenvalue weighted by Gasteiger charge is 2.08. The SMILES string of the molecule is Cc1cncc(CNc2c(Cl)cc(F)cc2Cl)c1. The van der Waals surface area contributed by atoms with E-state index in [1.54, 1.807) is 12.4 Å². The average Bonchev–Trinajstić information content (AvgIpc) is 2.27. The fourth-order valence-corrected chi connectivity index (χ4v) is 2.21. The summed E-state index contributed by atoms with van der Waals surface area (Å²) in [5.74, 6) is -0.451. The maximum Gasteiger partial charge on any atom is 0.126 e. The van der Waals surface area contributed by atoms with Gasteiger partial charge in [0.1, 0.15) is 5.82 Å². The van der Waals surface area contributed by atoms with E-state index in [0.717, 1.165) is 11.1 Å².